The van der Waals surface area contributed by atoms with Crippen molar-refractivity contribution in [2.24, 2.45) is 7.05 Å². The predicted octanol–water partition coefficient (Wildman–Crippen LogP) is 2.70. The Morgan fingerprint density at radius 2 is 2.12 bits per heavy atom. The molecule has 0 saturated heterocycles. The van der Waals surface area contributed by atoms with E-state index in [9.17, 15) is 4.79 Å². The van der Waals surface area contributed by atoms with Gasteiger partial charge in [-0.25, -0.2) is 19.4 Å². The third-order valence-corrected chi connectivity index (χ3v) is 4.44. The van der Waals surface area contributed by atoms with Crippen LogP contribution in [0.3, 0.4) is 0 Å². The van der Waals surface area contributed by atoms with Crippen molar-refractivity contribution in [1.82, 2.24) is 25.1 Å². The van der Waals surface area contributed by atoms with E-state index >= 15 is 0 Å². The Balaban J connectivity index is 1.80. The molecule has 0 aliphatic rings. The minimum atomic E-state index is -0.519. The van der Waals surface area contributed by atoms with Crippen molar-refractivity contribution in [3.05, 3.63) is 23.3 Å². The Labute approximate surface area is 149 Å². The molecule has 25 heavy (non-hydrogen) atoms. The van der Waals surface area contributed by atoms with E-state index in [0.29, 0.717) is 18.0 Å². The van der Waals surface area contributed by atoms with Gasteiger partial charge < -0.3 is 15.8 Å². The van der Waals surface area contributed by atoms with Crippen LogP contribution in [0.4, 0.5) is 10.6 Å². The normalized spacial score (nSPS) is 11.7. The summed E-state index contributed by atoms with van der Waals surface area (Å²) < 4.78 is 6.92. The van der Waals surface area contributed by atoms with E-state index in [4.69, 9.17) is 10.5 Å². The smallest absolute Gasteiger partial charge is 0.407 e. The van der Waals surface area contributed by atoms with Crippen LogP contribution in [-0.2, 0) is 18.3 Å². The fraction of sp³-hybridized carbons (Fsp3) is 0.375. The molecular weight excluding hydrogens is 340 g/mol. The number of nitrogen functional groups attached to an aromatic ring is 1. The molecule has 3 aromatic heterocycles. The highest BCUT2D eigenvalue weighted by Gasteiger charge is 2.18. The van der Waals surface area contributed by atoms with Gasteiger partial charge in [0.05, 0.1) is 16.8 Å². The SMILES string of the molecule is Cn1nc(-c2ccc(CNC(=O)OC(C)(C)C)s2)c2c(N)ncnc21. The number of aryl methyl sites for hydroxylation is 1. The number of alkyl carbamates (subject to hydrolysis) is 1. The summed E-state index contributed by atoms with van der Waals surface area (Å²) in [4.78, 5) is 22.0. The molecule has 0 unspecified atom stereocenters. The Kier molecular flexibility index (Phi) is 4.34. The number of fused-ring (bicyclic) bond motifs is 1. The maximum Gasteiger partial charge on any atom is 0.407 e. The lowest BCUT2D eigenvalue weighted by Gasteiger charge is -2.19. The minimum absolute atomic E-state index is 0.385. The fourth-order valence-electron chi connectivity index (χ4n) is 2.36. The van der Waals surface area contributed by atoms with E-state index in [1.54, 1.807) is 4.68 Å². The Hall–Kier alpha value is -2.68. The fourth-order valence-corrected chi connectivity index (χ4v) is 3.29. The maximum atomic E-state index is 11.8. The van der Waals surface area contributed by atoms with E-state index in [-0.39, 0.29) is 0 Å². The first-order chi connectivity index (χ1) is 11.7. The van der Waals surface area contributed by atoms with Gasteiger partial charge in [-0.05, 0) is 32.9 Å². The molecular formula is C16H20N6O2S. The van der Waals surface area contributed by atoms with Crippen molar-refractivity contribution in [3.63, 3.8) is 0 Å². The molecule has 0 spiro atoms. The molecule has 0 aliphatic heterocycles. The Morgan fingerprint density at radius 3 is 2.84 bits per heavy atom. The standard InChI is InChI=1S/C16H20N6O2S/c1-16(2,3)24-15(23)18-7-9-5-6-10(25-9)12-11-13(17)19-8-20-14(11)22(4)21-12/h5-6,8H,7H2,1-4H3,(H,18,23)(H2,17,19,20). The minimum Gasteiger partial charge on any atom is -0.444 e. The third kappa shape index (κ3) is 3.71. The van der Waals surface area contributed by atoms with Gasteiger partial charge in [-0.2, -0.15) is 5.10 Å². The van der Waals surface area contributed by atoms with Gasteiger partial charge in [0.2, 0.25) is 0 Å². The number of nitrogens with one attached hydrogen (secondary N) is 1. The van der Waals surface area contributed by atoms with Crippen LogP contribution in [-0.4, -0.2) is 31.4 Å². The average molecular weight is 360 g/mol. The molecule has 0 saturated carbocycles. The van der Waals surface area contributed by atoms with Gasteiger partial charge in [0.1, 0.15) is 23.4 Å². The van der Waals surface area contributed by atoms with Crippen molar-refractivity contribution in [2.75, 3.05) is 5.73 Å². The largest absolute Gasteiger partial charge is 0.444 e. The zero-order valence-corrected chi connectivity index (χ0v) is 15.3. The molecule has 0 bridgehead atoms. The van der Waals surface area contributed by atoms with Crippen LogP contribution in [0.15, 0.2) is 18.5 Å². The highest BCUT2D eigenvalue weighted by Crippen LogP contribution is 2.34. The van der Waals surface area contributed by atoms with Gasteiger partial charge in [-0.15, -0.1) is 11.3 Å². The van der Waals surface area contributed by atoms with E-state index in [1.807, 2.05) is 40.0 Å². The van der Waals surface area contributed by atoms with E-state index in [1.165, 1.54) is 17.7 Å². The molecule has 3 aromatic rings. The number of ether oxygens (including phenoxy) is 1. The van der Waals surface area contributed by atoms with E-state index in [2.05, 4.69) is 20.4 Å². The van der Waals surface area contributed by atoms with Crippen molar-refractivity contribution in [2.45, 2.75) is 32.9 Å². The van der Waals surface area contributed by atoms with Crippen LogP contribution in [0.25, 0.3) is 21.6 Å². The number of nitrogens with two attached hydrogens (primary N) is 1. The molecule has 3 heterocycles. The molecule has 9 heteroatoms. The summed E-state index contributed by atoms with van der Waals surface area (Å²) in [6, 6.07) is 3.89. The van der Waals surface area contributed by atoms with Crippen LogP contribution in [0, 0.1) is 0 Å². The molecule has 8 nitrogen and oxygen atoms in total. The maximum absolute atomic E-state index is 11.8. The summed E-state index contributed by atoms with van der Waals surface area (Å²) in [5.41, 5.74) is 6.90. The lowest BCUT2D eigenvalue weighted by molar-refractivity contribution is 0.0524. The Morgan fingerprint density at radius 1 is 1.36 bits per heavy atom. The van der Waals surface area contributed by atoms with Crippen molar-refractivity contribution in [3.8, 4) is 10.6 Å². The number of hydrogen-bond acceptors (Lipinski definition) is 7. The van der Waals surface area contributed by atoms with Crippen molar-refractivity contribution >= 4 is 34.3 Å². The second-order valence-electron chi connectivity index (χ2n) is 6.55. The monoisotopic (exact) mass is 360 g/mol. The molecule has 3 N–H and O–H groups in total. The highest BCUT2D eigenvalue weighted by molar-refractivity contribution is 7.15. The first kappa shape index (κ1) is 17.2. The number of carbonyl (C=O) groups excluding carboxylic acids is 1. The molecule has 0 aliphatic carbocycles. The van der Waals surface area contributed by atoms with Crippen LogP contribution in [0.1, 0.15) is 25.6 Å². The summed E-state index contributed by atoms with van der Waals surface area (Å²) in [7, 11) is 1.82. The zero-order valence-electron chi connectivity index (χ0n) is 14.5. The summed E-state index contributed by atoms with van der Waals surface area (Å²) in [6.07, 6.45) is 0.983. The quantitative estimate of drug-likeness (QED) is 0.743. The van der Waals surface area contributed by atoms with Gasteiger partial charge in [-0.3, -0.25) is 0 Å². The number of hydrogen-bond donors (Lipinski definition) is 2. The molecule has 3 rings (SSSR count). The van der Waals surface area contributed by atoms with Crippen LogP contribution < -0.4 is 11.1 Å². The summed E-state index contributed by atoms with van der Waals surface area (Å²) >= 11 is 1.53. The van der Waals surface area contributed by atoms with Gasteiger partial charge in [0.15, 0.2) is 5.65 Å². The van der Waals surface area contributed by atoms with Gasteiger partial charge in [0, 0.05) is 11.9 Å². The number of nitrogens with zero attached hydrogens (tertiary/aromatic N) is 4. The highest BCUT2D eigenvalue weighted by atomic mass is 32.1. The second kappa shape index (κ2) is 6.32. The van der Waals surface area contributed by atoms with Gasteiger partial charge in [-0.1, -0.05) is 0 Å². The lowest BCUT2D eigenvalue weighted by Crippen LogP contribution is -2.31. The first-order valence-electron chi connectivity index (χ1n) is 7.74. The van der Waals surface area contributed by atoms with Crippen LogP contribution in [0.2, 0.25) is 0 Å². The van der Waals surface area contributed by atoms with Crippen LogP contribution >= 0.6 is 11.3 Å². The second-order valence-corrected chi connectivity index (χ2v) is 7.72. The van der Waals surface area contributed by atoms with E-state index < -0.39 is 11.7 Å². The molecule has 1 amide bonds. The van der Waals surface area contributed by atoms with Crippen molar-refractivity contribution < 1.29 is 9.53 Å². The van der Waals surface area contributed by atoms with Crippen molar-refractivity contribution in [1.29, 1.82) is 0 Å². The van der Waals surface area contributed by atoms with Crippen LogP contribution in [0.5, 0.6) is 0 Å². The molecule has 0 fully saturated rings. The number of thiophene rings is 1. The predicted molar refractivity (Wildman–Crippen MR) is 97.1 cm³/mol. The summed E-state index contributed by atoms with van der Waals surface area (Å²) in [5, 5.41) is 7.99. The third-order valence-electron chi connectivity index (χ3n) is 3.35. The molecule has 0 atom stereocenters. The molecule has 0 aromatic carbocycles. The number of rotatable bonds is 3. The van der Waals surface area contributed by atoms with Gasteiger partial charge >= 0.3 is 6.09 Å². The molecule has 132 valence electrons. The Bertz CT molecular complexity index is 924. The number of carbonyl (C=O) groups is 1. The number of amides is 1. The van der Waals surface area contributed by atoms with Gasteiger partial charge in [0.25, 0.3) is 0 Å². The topological polar surface area (TPSA) is 108 Å². The zero-order chi connectivity index (χ0) is 18.2. The number of aromatic nitrogens is 4. The summed E-state index contributed by atoms with van der Waals surface area (Å²) in [5.74, 6) is 0.398. The average Bonchev–Trinajstić information content (AvgIpc) is 3.09. The van der Waals surface area contributed by atoms with E-state index in [0.717, 1.165) is 20.8 Å². The summed E-state index contributed by atoms with van der Waals surface area (Å²) in [6.45, 7) is 5.87. The lowest BCUT2D eigenvalue weighted by atomic mass is 10.2. The number of anilines is 1. The first-order valence-corrected chi connectivity index (χ1v) is 8.55. The molecule has 0 radical (unpaired) electrons.